The Morgan fingerprint density at radius 2 is 1.81 bits per heavy atom. The van der Waals surface area contributed by atoms with Crippen LogP contribution in [0.2, 0.25) is 0 Å². The molecule has 0 atom stereocenters. The van der Waals surface area contributed by atoms with Gasteiger partial charge in [0.1, 0.15) is 6.54 Å². The first kappa shape index (κ1) is 16.9. The van der Waals surface area contributed by atoms with Gasteiger partial charge in [0.25, 0.3) is 0 Å². The number of amides is 2. The molecule has 0 aliphatic rings. The third-order valence-corrected chi connectivity index (χ3v) is 2.60. The monoisotopic (exact) mass is 306 g/mol. The van der Waals surface area contributed by atoms with Crippen molar-refractivity contribution in [3.8, 4) is 11.5 Å². The number of ether oxygens (including phenoxy) is 2. The van der Waals surface area contributed by atoms with Crippen LogP contribution in [0.3, 0.4) is 0 Å². The predicted octanol–water partition coefficient (Wildman–Crippen LogP) is 2.11. The van der Waals surface area contributed by atoms with Gasteiger partial charge in [-0.25, -0.2) is 4.79 Å². The second-order valence-corrected chi connectivity index (χ2v) is 4.16. The Morgan fingerprint density at radius 3 is 2.38 bits per heavy atom. The number of nitrogens with one attached hydrogen (secondary N) is 2. The largest absolute Gasteiger partial charge is 0.493 e. The molecular weight excluding hydrogens is 289 g/mol. The lowest BCUT2D eigenvalue weighted by Crippen LogP contribution is -2.41. The topological polar surface area (TPSA) is 59.6 Å². The van der Waals surface area contributed by atoms with Crippen LogP contribution in [0.1, 0.15) is 5.56 Å². The maximum atomic E-state index is 11.9. The summed E-state index contributed by atoms with van der Waals surface area (Å²) >= 11 is 0. The number of methoxy groups -OCH3 is 2. The van der Waals surface area contributed by atoms with Crippen molar-refractivity contribution in [3.63, 3.8) is 0 Å². The molecular formula is C13H17F3N2O3. The zero-order valence-electron chi connectivity index (χ0n) is 11.7. The second kappa shape index (κ2) is 7.61. The summed E-state index contributed by atoms with van der Waals surface area (Å²) in [4.78, 5) is 11.1. The molecule has 1 aromatic rings. The molecule has 0 radical (unpaired) electrons. The van der Waals surface area contributed by atoms with Crippen LogP contribution in [-0.2, 0) is 6.42 Å². The van der Waals surface area contributed by atoms with Gasteiger partial charge in [-0.3, -0.25) is 0 Å². The van der Waals surface area contributed by atoms with Crippen LogP contribution in [-0.4, -0.2) is 39.5 Å². The number of benzene rings is 1. The van der Waals surface area contributed by atoms with Crippen molar-refractivity contribution in [1.82, 2.24) is 10.6 Å². The van der Waals surface area contributed by atoms with E-state index < -0.39 is 18.8 Å². The van der Waals surface area contributed by atoms with Crippen molar-refractivity contribution in [2.24, 2.45) is 0 Å². The molecule has 5 nitrogen and oxygen atoms in total. The summed E-state index contributed by atoms with van der Waals surface area (Å²) in [7, 11) is 3.02. The lowest BCUT2D eigenvalue weighted by Gasteiger charge is -2.11. The number of alkyl halides is 3. The van der Waals surface area contributed by atoms with Crippen LogP contribution in [0.15, 0.2) is 18.2 Å². The number of urea groups is 1. The molecule has 0 fully saturated rings. The fourth-order valence-electron chi connectivity index (χ4n) is 1.60. The number of halogens is 3. The Hall–Kier alpha value is -2.12. The highest BCUT2D eigenvalue weighted by Crippen LogP contribution is 2.27. The molecule has 2 N–H and O–H groups in total. The Kier molecular flexibility index (Phi) is 6.13. The van der Waals surface area contributed by atoms with Crippen LogP contribution in [0.4, 0.5) is 18.0 Å². The first-order valence-electron chi connectivity index (χ1n) is 6.15. The molecule has 0 aliphatic carbocycles. The summed E-state index contributed by atoms with van der Waals surface area (Å²) in [5, 5.41) is 4.08. The number of carbonyl (C=O) groups excluding carboxylic acids is 1. The van der Waals surface area contributed by atoms with Gasteiger partial charge in [0.2, 0.25) is 0 Å². The predicted molar refractivity (Wildman–Crippen MR) is 70.7 cm³/mol. The molecule has 118 valence electrons. The van der Waals surface area contributed by atoms with Crippen molar-refractivity contribution >= 4 is 6.03 Å². The summed E-state index contributed by atoms with van der Waals surface area (Å²) in [6, 6.07) is 4.40. The summed E-state index contributed by atoms with van der Waals surface area (Å²) < 4.78 is 45.9. The van der Waals surface area contributed by atoms with E-state index >= 15 is 0 Å². The Labute approximate surface area is 120 Å². The Balaban J connectivity index is 2.40. The minimum atomic E-state index is -4.42. The van der Waals surface area contributed by atoms with E-state index in [1.54, 1.807) is 23.5 Å². The van der Waals surface area contributed by atoms with E-state index in [1.165, 1.54) is 14.2 Å². The molecule has 21 heavy (non-hydrogen) atoms. The number of hydrogen-bond acceptors (Lipinski definition) is 3. The minimum absolute atomic E-state index is 0.208. The maximum absolute atomic E-state index is 11.9. The van der Waals surface area contributed by atoms with E-state index in [2.05, 4.69) is 5.32 Å². The lowest BCUT2D eigenvalue weighted by molar-refractivity contribution is -0.122. The van der Waals surface area contributed by atoms with Gasteiger partial charge in [-0.2, -0.15) is 13.2 Å². The average molecular weight is 306 g/mol. The first-order valence-corrected chi connectivity index (χ1v) is 6.15. The number of carbonyl (C=O) groups is 1. The van der Waals surface area contributed by atoms with Gasteiger partial charge in [-0.15, -0.1) is 0 Å². The summed E-state index contributed by atoms with van der Waals surface area (Å²) in [5.41, 5.74) is 0.865. The fraction of sp³-hybridized carbons (Fsp3) is 0.462. The van der Waals surface area contributed by atoms with Gasteiger partial charge in [-0.05, 0) is 24.1 Å². The van der Waals surface area contributed by atoms with Gasteiger partial charge in [0.05, 0.1) is 14.2 Å². The molecule has 8 heteroatoms. The molecule has 2 amide bonds. The smallest absolute Gasteiger partial charge is 0.405 e. The van der Waals surface area contributed by atoms with Crippen molar-refractivity contribution < 1.29 is 27.4 Å². The highest BCUT2D eigenvalue weighted by Gasteiger charge is 2.27. The molecule has 0 saturated heterocycles. The zero-order chi connectivity index (χ0) is 15.9. The highest BCUT2D eigenvalue weighted by atomic mass is 19.4. The SMILES string of the molecule is COc1ccc(CCNC(=O)NCC(F)(F)F)cc1OC. The average Bonchev–Trinajstić information content (AvgIpc) is 2.44. The Morgan fingerprint density at radius 1 is 1.14 bits per heavy atom. The molecule has 0 spiro atoms. The maximum Gasteiger partial charge on any atom is 0.405 e. The van der Waals surface area contributed by atoms with E-state index in [0.717, 1.165) is 5.56 Å². The van der Waals surface area contributed by atoms with Gasteiger partial charge in [0, 0.05) is 6.54 Å². The van der Waals surface area contributed by atoms with Crippen molar-refractivity contribution in [2.75, 3.05) is 27.3 Å². The van der Waals surface area contributed by atoms with E-state index in [1.807, 2.05) is 0 Å². The third kappa shape index (κ3) is 6.24. The lowest BCUT2D eigenvalue weighted by atomic mass is 10.1. The van der Waals surface area contributed by atoms with Crippen molar-refractivity contribution in [3.05, 3.63) is 23.8 Å². The van der Waals surface area contributed by atoms with Crippen LogP contribution < -0.4 is 20.1 Å². The normalized spacial score (nSPS) is 10.9. The third-order valence-electron chi connectivity index (χ3n) is 2.60. The van der Waals surface area contributed by atoms with Crippen molar-refractivity contribution in [2.45, 2.75) is 12.6 Å². The Bertz CT molecular complexity index is 478. The van der Waals surface area contributed by atoms with E-state index in [-0.39, 0.29) is 6.54 Å². The zero-order valence-corrected chi connectivity index (χ0v) is 11.7. The van der Waals surface area contributed by atoms with E-state index in [4.69, 9.17) is 9.47 Å². The standard InChI is InChI=1S/C13H17F3N2O3/c1-20-10-4-3-9(7-11(10)21-2)5-6-17-12(19)18-8-13(14,15)16/h3-4,7H,5-6,8H2,1-2H3,(H2,17,18,19). The quantitative estimate of drug-likeness (QED) is 0.846. The molecule has 0 unspecified atom stereocenters. The van der Waals surface area contributed by atoms with Gasteiger partial charge < -0.3 is 20.1 Å². The van der Waals surface area contributed by atoms with E-state index in [9.17, 15) is 18.0 Å². The van der Waals surface area contributed by atoms with Crippen LogP contribution in [0, 0.1) is 0 Å². The molecule has 0 bridgehead atoms. The van der Waals surface area contributed by atoms with Gasteiger partial charge in [0.15, 0.2) is 11.5 Å². The molecule has 1 aromatic carbocycles. The highest BCUT2D eigenvalue weighted by molar-refractivity contribution is 5.73. The van der Waals surface area contributed by atoms with Crippen molar-refractivity contribution in [1.29, 1.82) is 0 Å². The van der Waals surface area contributed by atoms with Gasteiger partial charge in [-0.1, -0.05) is 6.07 Å². The van der Waals surface area contributed by atoms with Crippen LogP contribution in [0.25, 0.3) is 0 Å². The first-order chi connectivity index (χ1) is 9.85. The number of rotatable bonds is 6. The van der Waals surface area contributed by atoms with Gasteiger partial charge >= 0.3 is 12.2 Å². The van der Waals surface area contributed by atoms with Crippen LogP contribution in [0.5, 0.6) is 11.5 Å². The summed E-state index contributed by atoms with van der Waals surface area (Å²) in [5.74, 6) is 1.13. The fourth-order valence-corrected chi connectivity index (χ4v) is 1.60. The minimum Gasteiger partial charge on any atom is -0.493 e. The van der Waals surface area contributed by atoms with Crippen LogP contribution >= 0.6 is 0 Å². The molecule has 0 heterocycles. The molecule has 0 aliphatic heterocycles. The molecule has 1 rings (SSSR count). The molecule has 0 saturated carbocycles. The molecule has 0 aromatic heterocycles. The van der Waals surface area contributed by atoms with E-state index in [0.29, 0.717) is 17.9 Å². The summed E-state index contributed by atoms with van der Waals surface area (Å²) in [6.07, 6.45) is -3.96. The number of hydrogen-bond donors (Lipinski definition) is 2. The second-order valence-electron chi connectivity index (χ2n) is 4.16. The summed E-state index contributed by atoms with van der Waals surface area (Å²) in [6.45, 7) is -1.14.